The van der Waals surface area contributed by atoms with Crippen LogP contribution in [0, 0.1) is 6.92 Å². The van der Waals surface area contributed by atoms with Crippen molar-refractivity contribution in [2.75, 3.05) is 5.32 Å². The first kappa shape index (κ1) is 12.0. The molecule has 2 aromatic carbocycles. The van der Waals surface area contributed by atoms with Gasteiger partial charge in [0.05, 0.1) is 0 Å². The van der Waals surface area contributed by atoms with Gasteiger partial charge in [0, 0.05) is 22.5 Å². The average molecular weight is 249 g/mol. The van der Waals surface area contributed by atoms with Crippen LogP contribution in [0.3, 0.4) is 0 Å². The normalized spacial score (nSPS) is 12.9. The summed E-state index contributed by atoms with van der Waals surface area (Å²) in [5.74, 6) is 0.499. The fourth-order valence-corrected chi connectivity index (χ4v) is 2.82. The van der Waals surface area contributed by atoms with Crippen LogP contribution < -0.4 is 5.32 Å². The largest absolute Gasteiger partial charge is 0.355 e. The average Bonchev–Trinajstić information content (AvgIpc) is 2.39. The van der Waals surface area contributed by atoms with Gasteiger partial charge >= 0.3 is 0 Å². The molecule has 2 aromatic rings. The van der Waals surface area contributed by atoms with Crippen LogP contribution in [0.1, 0.15) is 36.5 Å². The molecular formula is C18H19N. The van der Waals surface area contributed by atoms with Crippen molar-refractivity contribution in [2.45, 2.75) is 26.7 Å². The van der Waals surface area contributed by atoms with E-state index in [1.807, 2.05) is 0 Å². The monoisotopic (exact) mass is 249 g/mol. The van der Waals surface area contributed by atoms with E-state index in [-0.39, 0.29) is 0 Å². The number of aryl methyl sites for hydroxylation is 1. The highest BCUT2D eigenvalue weighted by molar-refractivity contribution is 5.98. The fraction of sp³-hybridized carbons (Fsp3) is 0.222. The van der Waals surface area contributed by atoms with E-state index in [0.717, 1.165) is 5.70 Å². The summed E-state index contributed by atoms with van der Waals surface area (Å²) >= 11 is 0. The molecule has 1 aliphatic heterocycles. The summed E-state index contributed by atoms with van der Waals surface area (Å²) in [6.07, 6.45) is 0. The van der Waals surface area contributed by atoms with E-state index < -0.39 is 0 Å². The highest BCUT2D eigenvalue weighted by Crippen LogP contribution is 2.43. The Morgan fingerprint density at radius 1 is 1.00 bits per heavy atom. The second kappa shape index (κ2) is 4.27. The summed E-state index contributed by atoms with van der Waals surface area (Å²) in [6, 6.07) is 13.0. The maximum Gasteiger partial charge on any atom is 0.0499 e. The topological polar surface area (TPSA) is 12.0 Å². The molecule has 0 spiro atoms. The van der Waals surface area contributed by atoms with Gasteiger partial charge in [-0.05, 0) is 30.0 Å². The smallest absolute Gasteiger partial charge is 0.0499 e. The van der Waals surface area contributed by atoms with Crippen molar-refractivity contribution in [3.05, 3.63) is 59.7 Å². The zero-order chi connectivity index (χ0) is 13.6. The van der Waals surface area contributed by atoms with Crippen molar-refractivity contribution >= 4 is 11.4 Å². The highest BCUT2D eigenvalue weighted by atomic mass is 14.9. The van der Waals surface area contributed by atoms with E-state index in [1.54, 1.807) is 0 Å². The Hall–Kier alpha value is -2.02. The fourth-order valence-electron chi connectivity index (χ4n) is 2.82. The highest BCUT2D eigenvalue weighted by Gasteiger charge is 2.21. The van der Waals surface area contributed by atoms with E-state index in [2.05, 4.69) is 69.1 Å². The summed E-state index contributed by atoms with van der Waals surface area (Å²) in [6.45, 7) is 10.8. The van der Waals surface area contributed by atoms with Crippen LogP contribution in [0.2, 0.25) is 0 Å². The Kier molecular flexibility index (Phi) is 2.70. The van der Waals surface area contributed by atoms with Crippen LogP contribution >= 0.6 is 0 Å². The second-order valence-corrected chi connectivity index (χ2v) is 5.58. The lowest BCUT2D eigenvalue weighted by Gasteiger charge is -2.27. The van der Waals surface area contributed by atoms with Gasteiger partial charge in [-0.1, -0.05) is 56.3 Å². The summed E-state index contributed by atoms with van der Waals surface area (Å²) in [4.78, 5) is 0. The van der Waals surface area contributed by atoms with Gasteiger partial charge in [-0.3, -0.25) is 0 Å². The van der Waals surface area contributed by atoms with Crippen molar-refractivity contribution in [1.82, 2.24) is 0 Å². The third-order valence-corrected chi connectivity index (χ3v) is 3.75. The first-order valence-corrected chi connectivity index (χ1v) is 6.78. The SMILES string of the molecule is C=C1Nc2c(cc(C)cc2C(C)C)-c2ccccc21. The molecule has 96 valence electrons. The number of nitrogens with one attached hydrogen (secondary N) is 1. The van der Waals surface area contributed by atoms with Crippen molar-refractivity contribution in [3.8, 4) is 11.1 Å². The number of rotatable bonds is 1. The Morgan fingerprint density at radius 3 is 2.37 bits per heavy atom. The molecule has 1 N–H and O–H groups in total. The van der Waals surface area contributed by atoms with E-state index in [0.29, 0.717) is 5.92 Å². The molecule has 0 fully saturated rings. The van der Waals surface area contributed by atoms with Crippen LogP contribution in [0.25, 0.3) is 16.8 Å². The molecular weight excluding hydrogens is 230 g/mol. The summed E-state index contributed by atoms with van der Waals surface area (Å²) in [7, 11) is 0. The Morgan fingerprint density at radius 2 is 1.68 bits per heavy atom. The van der Waals surface area contributed by atoms with Gasteiger partial charge in [-0.25, -0.2) is 0 Å². The molecule has 1 nitrogen and oxygen atoms in total. The minimum atomic E-state index is 0.499. The standard InChI is InChI=1S/C18H19N/c1-11(2)16-9-12(3)10-17-15-8-6-5-7-14(15)13(4)19-18(16)17/h5-11,19H,4H2,1-3H3. The first-order valence-electron chi connectivity index (χ1n) is 6.78. The van der Waals surface area contributed by atoms with Crippen molar-refractivity contribution < 1.29 is 0 Å². The van der Waals surface area contributed by atoms with E-state index >= 15 is 0 Å². The first-order chi connectivity index (χ1) is 9.08. The Balaban J connectivity index is 2.34. The molecule has 0 saturated heterocycles. The van der Waals surface area contributed by atoms with Gasteiger partial charge in [0.15, 0.2) is 0 Å². The van der Waals surface area contributed by atoms with E-state index in [9.17, 15) is 0 Å². The molecule has 0 atom stereocenters. The zero-order valence-corrected chi connectivity index (χ0v) is 11.7. The number of benzene rings is 2. The summed E-state index contributed by atoms with van der Waals surface area (Å²) in [5, 5.41) is 3.50. The second-order valence-electron chi connectivity index (χ2n) is 5.58. The van der Waals surface area contributed by atoms with Crippen molar-refractivity contribution in [3.63, 3.8) is 0 Å². The lowest BCUT2D eigenvalue weighted by molar-refractivity contribution is 0.867. The van der Waals surface area contributed by atoms with Gasteiger partial charge < -0.3 is 5.32 Å². The van der Waals surface area contributed by atoms with Crippen LogP contribution in [0.5, 0.6) is 0 Å². The molecule has 0 amide bonds. The molecule has 1 aliphatic rings. The van der Waals surface area contributed by atoms with Crippen LogP contribution in [-0.4, -0.2) is 0 Å². The molecule has 0 radical (unpaired) electrons. The van der Waals surface area contributed by atoms with Crippen LogP contribution in [0.4, 0.5) is 5.69 Å². The number of fused-ring (bicyclic) bond motifs is 3. The van der Waals surface area contributed by atoms with Gasteiger partial charge in [-0.2, -0.15) is 0 Å². The summed E-state index contributed by atoms with van der Waals surface area (Å²) < 4.78 is 0. The molecule has 0 saturated carbocycles. The van der Waals surface area contributed by atoms with E-state index in [4.69, 9.17) is 0 Å². The molecule has 0 aliphatic carbocycles. The van der Waals surface area contributed by atoms with Gasteiger partial charge in [-0.15, -0.1) is 0 Å². The predicted octanol–water partition coefficient (Wildman–Crippen LogP) is 5.18. The van der Waals surface area contributed by atoms with Crippen molar-refractivity contribution in [2.24, 2.45) is 0 Å². The molecule has 1 heterocycles. The minimum absolute atomic E-state index is 0.499. The molecule has 19 heavy (non-hydrogen) atoms. The quantitative estimate of drug-likeness (QED) is 0.734. The zero-order valence-electron chi connectivity index (χ0n) is 11.7. The summed E-state index contributed by atoms with van der Waals surface area (Å²) in [5.41, 5.74) is 8.68. The number of hydrogen-bond donors (Lipinski definition) is 1. The van der Waals surface area contributed by atoms with Crippen molar-refractivity contribution in [1.29, 1.82) is 0 Å². The van der Waals surface area contributed by atoms with Gasteiger partial charge in [0.25, 0.3) is 0 Å². The molecule has 3 rings (SSSR count). The maximum atomic E-state index is 4.17. The number of anilines is 1. The molecule has 0 bridgehead atoms. The van der Waals surface area contributed by atoms with E-state index in [1.165, 1.54) is 33.5 Å². The molecule has 0 unspecified atom stereocenters. The Labute approximate surface area is 115 Å². The molecule has 1 heteroatoms. The van der Waals surface area contributed by atoms with Gasteiger partial charge in [0.1, 0.15) is 0 Å². The third kappa shape index (κ3) is 1.86. The van der Waals surface area contributed by atoms with Gasteiger partial charge in [0.2, 0.25) is 0 Å². The lowest BCUT2D eigenvalue weighted by Crippen LogP contribution is -2.10. The maximum absolute atomic E-state index is 4.17. The number of hydrogen-bond acceptors (Lipinski definition) is 1. The lowest BCUT2D eigenvalue weighted by atomic mass is 9.87. The van der Waals surface area contributed by atoms with Crippen LogP contribution in [-0.2, 0) is 0 Å². The Bertz CT molecular complexity index is 665. The minimum Gasteiger partial charge on any atom is -0.355 e. The molecule has 0 aromatic heterocycles. The predicted molar refractivity (Wildman–Crippen MR) is 83.4 cm³/mol. The van der Waals surface area contributed by atoms with Crippen LogP contribution in [0.15, 0.2) is 43.0 Å². The third-order valence-electron chi connectivity index (χ3n) is 3.75.